The van der Waals surface area contributed by atoms with E-state index in [2.05, 4.69) is 46.9 Å². The third kappa shape index (κ3) is 4.82. The summed E-state index contributed by atoms with van der Waals surface area (Å²) in [6.07, 6.45) is 2.53. The lowest BCUT2D eigenvalue weighted by molar-refractivity contribution is -0.385. The van der Waals surface area contributed by atoms with E-state index < -0.39 is 4.92 Å². The summed E-state index contributed by atoms with van der Waals surface area (Å²) < 4.78 is 13.9. The van der Waals surface area contributed by atoms with Gasteiger partial charge in [0.15, 0.2) is 11.5 Å². The van der Waals surface area contributed by atoms with Gasteiger partial charge in [0.25, 0.3) is 11.2 Å². The minimum absolute atomic E-state index is 0.117. The molecule has 0 radical (unpaired) electrons. The number of pyridine rings is 1. The SMILES string of the molecule is COc1cc(Br)cc(C=Nn2c(C)nc3ccc(Br)cc3c2=O)c1Oc1ccc([N+](=O)[O-])cn1. The van der Waals surface area contributed by atoms with Crippen LogP contribution in [0.1, 0.15) is 11.4 Å². The normalized spacial score (nSPS) is 11.2. The zero-order valence-corrected chi connectivity index (χ0v) is 20.9. The molecule has 0 atom stereocenters. The number of hydrogen-bond acceptors (Lipinski definition) is 8. The highest BCUT2D eigenvalue weighted by molar-refractivity contribution is 9.10. The number of ether oxygens (including phenoxy) is 2. The van der Waals surface area contributed by atoms with E-state index in [0.717, 1.165) is 10.7 Å². The van der Waals surface area contributed by atoms with Gasteiger partial charge in [0.2, 0.25) is 5.88 Å². The summed E-state index contributed by atoms with van der Waals surface area (Å²) >= 11 is 6.79. The van der Waals surface area contributed by atoms with Crippen LogP contribution in [0.2, 0.25) is 0 Å². The number of methoxy groups -OCH3 is 1. The van der Waals surface area contributed by atoms with Gasteiger partial charge >= 0.3 is 0 Å². The van der Waals surface area contributed by atoms with Crippen LogP contribution >= 0.6 is 31.9 Å². The molecule has 10 nitrogen and oxygen atoms in total. The minimum Gasteiger partial charge on any atom is -0.493 e. The molecular weight excluding hydrogens is 574 g/mol. The van der Waals surface area contributed by atoms with Gasteiger partial charge in [-0.3, -0.25) is 14.9 Å². The molecule has 0 aliphatic carbocycles. The second-order valence-corrected chi connectivity index (χ2v) is 8.75. The fourth-order valence-electron chi connectivity index (χ4n) is 3.11. The van der Waals surface area contributed by atoms with Gasteiger partial charge < -0.3 is 9.47 Å². The number of nitrogens with zero attached hydrogens (tertiary/aromatic N) is 5. The molecule has 12 heteroatoms. The average Bonchev–Trinajstić information content (AvgIpc) is 2.81. The molecule has 4 aromatic rings. The Morgan fingerprint density at radius 3 is 2.62 bits per heavy atom. The van der Waals surface area contributed by atoms with Crippen LogP contribution in [0.5, 0.6) is 17.4 Å². The molecule has 0 amide bonds. The third-order valence-corrected chi connectivity index (χ3v) is 5.64. The molecular formula is C22H15Br2N5O5. The number of nitro groups is 1. The minimum atomic E-state index is -0.550. The molecule has 4 rings (SSSR count). The first kappa shape index (κ1) is 23.5. The average molecular weight is 589 g/mol. The molecule has 2 aromatic heterocycles. The summed E-state index contributed by atoms with van der Waals surface area (Å²) in [5.41, 5.74) is 0.533. The Kier molecular flexibility index (Phi) is 6.70. The van der Waals surface area contributed by atoms with Gasteiger partial charge in [-0.05, 0) is 37.3 Å². The summed E-state index contributed by atoms with van der Waals surface area (Å²) in [5.74, 6) is 1.14. The van der Waals surface area contributed by atoms with Crippen LogP contribution in [0.3, 0.4) is 0 Å². The maximum absolute atomic E-state index is 13.0. The van der Waals surface area contributed by atoms with Crippen molar-refractivity contribution < 1.29 is 14.4 Å². The zero-order chi connectivity index (χ0) is 24.4. The number of fused-ring (bicyclic) bond motifs is 1. The van der Waals surface area contributed by atoms with E-state index in [1.54, 1.807) is 31.2 Å². The van der Waals surface area contributed by atoms with Crippen LogP contribution in [0.15, 0.2) is 67.5 Å². The summed E-state index contributed by atoms with van der Waals surface area (Å²) in [5, 5.41) is 15.6. The van der Waals surface area contributed by atoms with E-state index in [-0.39, 0.29) is 22.9 Å². The fourth-order valence-corrected chi connectivity index (χ4v) is 3.92. The quantitative estimate of drug-likeness (QED) is 0.172. The first-order chi connectivity index (χ1) is 16.3. The van der Waals surface area contributed by atoms with Crippen LogP contribution in [0.25, 0.3) is 10.9 Å². The summed E-state index contributed by atoms with van der Waals surface area (Å²) in [7, 11) is 1.47. The van der Waals surface area contributed by atoms with Gasteiger partial charge in [0.1, 0.15) is 12.0 Å². The molecule has 2 aromatic carbocycles. The lowest BCUT2D eigenvalue weighted by Crippen LogP contribution is -2.20. The standard InChI is InChI=1S/C22H15Br2N5O5/c1-12-27-18-5-3-14(23)8-17(18)22(30)28(12)26-10-13-7-15(24)9-19(33-2)21(13)34-20-6-4-16(11-25-20)29(31)32/h3-11H,1-2H3. The van der Waals surface area contributed by atoms with Crippen LogP contribution in [-0.4, -0.2) is 32.9 Å². The summed E-state index contributed by atoms with van der Waals surface area (Å²) in [6.45, 7) is 1.68. The van der Waals surface area contributed by atoms with E-state index >= 15 is 0 Å². The van der Waals surface area contributed by atoms with Crippen molar-refractivity contribution in [3.8, 4) is 17.4 Å². The second-order valence-electron chi connectivity index (χ2n) is 6.92. The van der Waals surface area contributed by atoms with Crippen molar-refractivity contribution in [1.29, 1.82) is 0 Å². The van der Waals surface area contributed by atoms with Gasteiger partial charge in [-0.25, -0.2) is 9.97 Å². The molecule has 0 unspecified atom stereocenters. The van der Waals surface area contributed by atoms with Crippen LogP contribution in [0.4, 0.5) is 5.69 Å². The molecule has 0 aliphatic heterocycles. The van der Waals surface area contributed by atoms with Crippen molar-refractivity contribution in [2.24, 2.45) is 5.10 Å². The lowest BCUT2D eigenvalue weighted by atomic mass is 10.2. The monoisotopic (exact) mass is 587 g/mol. The van der Waals surface area contributed by atoms with Crippen molar-refractivity contribution in [3.63, 3.8) is 0 Å². The number of aryl methyl sites for hydroxylation is 1. The van der Waals surface area contributed by atoms with Gasteiger partial charge in [-0.2, -0.15) is 9.78 Å². The van der Waals surface area contributed by atoms with E-state index in [4.69, 9.17) is 9.47 Å². The Balaban J connectivity index is 1.78. The van der Waals surface area contributed by atoms with E-state index in [9.17, 15) is 14.9 Å². The van der Waals surface area contributed by atoms with Crippen molar-refractivity contribution in [3.05, 3.63) is 89.5 Å². The van der Waals surface area contributed by atoms with Crippen molar-refractivity contribution in [2.75, 3.05) is 7.11 Å². The Labute approximate surface area is 209 Å². The number of hydrogen-bond donors (Lipinski definition) is 0. The molecule has 172 valence electrons. The van der Waals surface area contributed by atoms with Gasteiger partial charge in [-0.15, -0.1) is 0 Å². The Morgan fingerprint density at radius 1 is 1.15 bits per heavy atom. The first-order valence-electron chi connectivity index (χ1n) is 9.66. The van der Waals surface area contributed by atoms with Gasteiger partial charge in [0.05, 0.1) is 29.2 Å². The predicted molar refractivity (Wildman–Crippen MR) is 133 cm³/mol. The first-order valence-corrected chi connectivity index (χ1v) is 11.2. The van der Waals surface area contributed by atoms with Crippen LogP contribution in [-0.2, 0) is 0 Å². The predicted octanol–water partition coefficient (Wildman–Crippen LogP) is 5.22. The van der Waals surface area contributed by atoms with Crippen molar-refractivity contribution >= 4 is 54.7 Å². The molecule has 0 fully saturated rings. The van der Waals surface area contributed by atoms with Crippen LogP contribution in [0, 0.1) is 17.0 Å². The highest BCUT2D eigenvalue weighted by Crippen LogP contribution is 2.37. The molecule has 0 aliphatic rings. The van der Waals surface area contributed by atoms with E-state index in [1.165, 1.54) is 30.1 Å². The second kappa shape index (κ2) is 9.69. The number of rotatable bonds is 6. The van der Waals surface area contributed by atoms with E-state index in [1.807, 2.05) is 6.07 Å². The smallest absolute Gasteiger partial charge is 0.287 e. The van der Waals surface area contributed by atoms with Crippen LogP contribution < -0.4 is 15.0 Å². The number of halogens is 2. The number of aromatic nitrogens is 3. The molecule has 0 spiro atoms. The van der Waals surface area contributed by atoms with Crippen molar-refractivity contribution in [2.45, 2.75) is 6.92 Å². The van der Waals surface area contributed by atoms with Gasteiger partial charge in [-0.1, -0.05) is 31.9 Å². The summed E-state index contributed by atoms with van der Waals surface area (Å²) in [4.78, 5) is 31.8. The molecule has 34 heavy (non-hydrogen) atoms. The maximum atomic E-state index is 13.0. The molecule has 0 bridgehead atoms. The largest absolute Gasteiger partial charge is 0.493 e. The highest BCUT2D eigenvalue weighted by Gasteiger charge is 2.15. The molecule has 0 saturated carbocycles. The highest BCUT2D eigenvalue weighted by atomic mass is 79.9. The Bertz CT molecular complexity index is 1500. The third-order valence-electron chi connectivity index (χ3n) is 4.69. The Morgan fingerprint density at radius 2 is 1.94 bits per heavy atom. The number of benzene rings is 2. The topological polar surface area (TPSA) is 122 Å². The fraction of sp³-hybridized carbons (Fsp3) is 0.0909. The van der Waals surface area contributed by atoms with Gasteiger partial charge in [0, 0.05) is 26.6 Å². The molecule has 0 N–H and O–H groups in total. The van der Waals surface area contributed by atoms with Crippen molar-refractivity contribution in [1.82, 2.24) is 14.6 Å². The zero-order valence-electron chi connectivity index (χ0n) is 17.7. The maximum Gasteiger partial charge on any atom is 0.287 e. The van der Waals surface area contributed by atoms with E-state index in [0.29, 0.717) is 32.5 Å². The summed E-state index contributed by atoms with van der Waals surface area (Å²) in [6, 6.07) is 11.3. The molecule has 0 saturated heterocycles. The lowest BCUT2D eigenvalue weighted by Gasteiger charge is -2.13. The Hall–Kier alpha value is -3.64. The molecule has 2 heterocycles.